The van der Waals surface area contributed by atoms with E-state index in [0.29, 0.717) is 6.04 Å². The molecule has 3 heterocycles. The molecule has 0 radical (unpaired) electrons. The van der Waals surface area contributed by atoms with Crippen molar-refractivity contribution in [1.82, 2.24) is 9.80 Å². The Morgan fingerprint density at radius 3 is 2.84 bits per heavy atom. The largest absolute Gasteiger partial charge is 0.298 e. The van der Waals surface area contributed by atoms with Gasteiger partial charge in [0.25, 0.3) is 0 Å². The van der Waals surface area contributed by atoms with Gasteiger partial charge < -0.3 is 0 Å². The summed E-state index contributed by atoms with van der Waals surface area (Å²) in [5, 5.41) is 0. The van der Waals surface area contributed by atoms with Crippen LogP contribution in [0.25, 0.3) is 0 Å². The molecule has 3 rings (SSSR count). The summed E-state index contributed by atoms with van der Waals surface area (Å²) < 4.78 is 0. The number of aryl methyl sites for hydroxylation is 2. The van der Waals surface area contributed by atoms with Crippen molar-refractivity contribution >= 4 is 11.3 Å². The second kappa shape index (κ2) is 5.55. The molecule has 2 fully saturated rings. The zero-order chi connectivity index (χ0) is 13.4. The molecule has 1 aromatic rings. The molecule has 2 saturated heterocycles. The molecule has 0 aliphatic carbocycles. The summed E-state index contributed by atoms with van der Waals surface area (Å²) in [6, 6.07) is 3.92. The monoisotopic (exact) mass is 278 g/mol. The molecule has 0 amide bonds. The SMILES string of the molecule is Cc1cc(CN2CC3CCCCN3CC2C)sc1C. The quantitative estimate of drug-likeness (QED) is 0.818. The van der Waals surface area contributed by atoms with Crippen LogP contribution in [0.2, 0.25) is 0 Å². The van der Waals surface area contributed by atoms with Gasteiger partial charge in [0, 0.05) is 41.5 Å². The maximum absolute atomic E-state index is 2.73. The fourth-order valence-electron chi connectivity index (χ4n) is 3.56. The van der Waals surface area contributed by atoms with Gasteiger partial charge in [0.05, 0.1) is 0 Å². The Morgan fingerprint density at radius 1 is 1.26 bits per heavy atom. The molecular weight excluding hydrogens is 252 g/mol. The first kappa shape index (κ1) is 13.6. The van der Waals surface area contributed by atoms with Crippen molar-refractivity contribution in [3.63, 3.8) is 0 Å². The minimum atomic E-state index is 0.706. The zero-order valence-electron chi connectivity index (χ0n) is 12.5. The van der Waals surface area contributed by atoms with Gasteiger partial charge in [-0.3, -0.25) is 9.80 Å². The van der Waals surface area contributed by atoms with E-state index in [1.807, 2.05) is 11.3 Å². The average molecular weight is 278 g/mol. The van der Waals surface area contributed by atoms with Crippen molar-refractivity contribution in [2.75, 3.05) is 19.6 Å². The van der Waals surface area contributed by atoms with Crippen molar-refractivity contribution in [1.29, 1.82) is 0 Å². The third kappa shape index (κ3) is 2.88. The number of thiophene rings is 1. The summed E-state index contributed by atoms with van der Waals surface area (Å²) in [5.74, 6) is 0. The summed E-state index contributed by atoms with van der Waals surface area (Å²) >= 11 is 1.98. The first-order chi connectivity index (χ1) is 9.13. The predicted molar refractivity (Wildman–Crippen MR) is 82.9 cm³/mol. The lowest BCUT2D eigenvalue weighted by Gasteiger charge is -2.47. The third-order valence-corrected chi connectivity index (χ3v) is 6.03. The Kier molecular flexibility index (Phi) is 3.97. The van der Waals surface area contributed by atoms with Gasteiger partial charge in [-0.15, -0.1) is 11.3 Å². The minimum Gasteiger partial charge on any atom is -0.298 e. The first-order valence-electron chi connectivity index (χ1n) is 7.67. The van der Waals surface area contributed by atoms with Crippen LogP contribution >= 0.6 is 11.3 Å². The maximum atomic E-state index is 2.73. The van der Waals surface area contributed by atoms with E-state index >= 15 is 0 Å². The van der Waals surface area contributed by atoms with Gasteiger partial charge in [-0.05, 0) is 51.8 Å². The fourth-order valence-corrected chi connectivity index (χ4v) is 4.64. The van der Waals surface area contributed by atoms with Crippen LogP contribution in [-0.4, -0.2) is 41.5 Å². The smallest absolute Gasteiger partial charge is 0.0332 e. The van der Waals surface area contributed by atoms with Crippen LogP contribution in [-0.2, 0) is 6.54 Å². The highest BCUT2D eigenvalue weighted by Crippen LogP contribution is 2.27. The van der Waals surface area contributed by atoms with E-state index < -0.39 is 0 Å². The van der Waals surface area contributed by atoms with E-state index in [0.717, 1.165) is 12.6 Å². The van der Waals surface area contributed by atoms with Crippen LogP contribution < -0.4 is 0 Å². The van der Waals surface area contributed by atoms with Crippen LogP contribution in [0, 0.1) is 13.8 Å². The normalized spacial score (nSPS) is 29.4. The molecule has 2 nitrogen and oxygen atoms in total. The molecule has 2 unspecified atom stereocenters. The Morgan fingerprint density at radius 2 is 2.11 bits per heavy atom. The Hall–Kier alpha value is -0.380. The van der Waals surface area contributed by atoms with Gasteiger partial charge >= 0.3 is 0 Å². The standard InChI is InChI=1S/C16H26N2S/c1-12-8-16(19-14(12)3)11-18-10-15-6-4-5-7-17(15)9-13(18)2/h8,13,15H,4-7,9-11H2,1-3H3. The van der Waals surface area contributed by atoms with Gasteiger partial charge in [-0.1, -0.05) is 6.42 Å². The average Bonchev–Trinajstić information content (AvgIpc) is 2.69. The highest BCUT2D eigenvalue weighted by atomic mass is 32.1. The number of piperidine rings is 1. The Balaban J connectivity index is 1.67. The van der Waals surface area contributed by atoms with E-state index in [-0.39, 0.29) is 0 Å². The van der Waals surface area contributed by atoms with Gasteiger partial charge in [-0.2, -0.15) is 0 Å². The van der Waals surface area contributed by atoms with E-state index in [1.165, 1.54) is 49.3 Å². The zero-order valence-corrected chi connectivity index (χ0v) is 13.3. The molecule has 0 spiro atoms. The number of hydrogen-bond acceptors (Lipinski definition) is 3. The summed E-state index contributed by atoms with van der Waals surface area (Å²) in [7, 11) is 0. The molecule has 106 valence electrons. The molecule has 2 aliphatic rings. The van der Waals surface area contributed by atoms with Crippen LogP contribution in [0.5, 0.6) is 0 Å². The van der Waals surface area contributed by atoms with Crippen LogP contribution in [0.3, 0.4) is 0 Å². The lowest BCUT2D eigenvalue weighted by molar-refractivity contribution is 0.0116. The number of hydrogen-bond donors (Lipinski definition) is 0. The van der Waals surface area contributed by atoms with E-state index in [2.05, 4.69) is 36.6 Å². The van der Waals surface area contributed by atoms with Crippen LogP contribution in [0.4, 0.5) is 0 Å². The van der Waals surface area contributed by atoms with Crippen molar-refractivity contribution < 1.29 is 0 Å². The first-order valence-corrected chi connectivity index (χ1v) is 8.49. The second-order valence-corrected chi connectivity index (χ2v) is 7.72. The molecule has 2 atom stereocenters. The number of rotatable bonds is 2. The van der Waals surface area contributed by atoms with Crippen molar-refractivity contribution in [2.45, 2.75) is 58.7 Å². The molecule has 0 saturated carbocycles. The molecule has 19 heavy (non-hydrogen) atoms. The molecular formula is C16H26N2S. The minimum absolute atomic E-state index is 0.706. The number of nitrogens with zero attached hydrogens (tertiary/aromatic N) is 2. The molecule has 3 heteroatoms. The molecule has 2 aliphatic heterocycles. The summed E-state index contributed by atoms with van der Waals surface area (Å²) in [6.07, 6.45) is 4.25. The van der Waals surface area contributed by atoms with Crippen LogP contribution in [0.15, 0.2) is 6.07 Å². The Labute approximate surface area is 121 Å². The Bertz CT molecular complexity index is 420. The van der Waals surface area contributed by atoms with E-state index in [9.17, 15) is 0 Å². The van der Waals surface area contributed by atoms with E-state index in [4.69, 9.17) is 0 Å². The summed E-state index contributed by atoms with van der Waals surface area (Å²) in [6.45, 7) is 11.9. The molecule has 1 aromatic heterocycles. The summed E-state index contributed by atoms with van der Waals surface area (Å²) in [5.41, 5.74) is 1.46. The highest BCUT2D eigenvalue weighted by molar-refractivity contribution is 7.12. The van der Waals surface area contributed by atoms with Gasteiger partial charge in [0.1, 0.15) is 0 Å². The summed E-state index contributed by atoms with van der Waals surface area (Å²) in [4.78, 5) is 8.47. The lowest BCUT2D eigenvalue weighted by atomic mass is 9.97. The van der Waals surface area contributed by atoms with Gasteiger partial charge in [0.2, 0.25) is 0 Å². The molecule has 0 bridgehead atoms. The molecule has 0 aromatic carbocycles. The predicted octanol–water partition coefficient (Wildman–Crippen LogP) is 3.42. The van der Waals surface area contributed by atoms with Gasteiger partial charge in [0.15, 0.2) is 0 Å². The van der Waals surface area contributed by atoms with Crippen molar-refractivity contribution in [2.24, 2.45) is 0 Å². The second-order valence-electron chi connectivity index (χ2n) is 6.37. The topological polar surface area (TPSA) is 6.48 Å². The fraction of sp³-hybridized carbons (Fsp3) is 0.750. The molecule has 0 N–H and O–H groups in total. The number of fused-ring (bicyclic) bond motifs is 1. The highest BCUT2D eigenvalue weighted by Gasteiger charge is 2.32. The third-order valence-electron chi connectivity index (χ3n) is 4.89. The van der Waals surface area contributed by atoms with E-state index in [1.54, 1.807) is 4.88 Å². The maximum Gasteiger partial charge on any atom is 0.0332 e. The van der Waals surface area contributed by atoms with Gasteiger partial charge in [-0.25, -0.2) is 0 Å². The lowest BCUT2D eigenvalue weighted by Crippen LogP contribution is -2.58. The van der Waals surface area contributed by atoms with Crippen molar-refractivity contribution in [3.8, 4) is 0 Å². The number of piperazine rings is 1. The van der Waals surface area contributed by atoms with Crippen LogP contribution in [0.1, 0.15) is 41.5 Å². The van der Waals surface area contributed by atoms with Crippen molar-refractivity contribution in [3.05, 3.63) is 21.4 Å².